The van der Waals surface area contributed by atoms with E-state index in [0.29, 0.717) is 25.8 Å². The van der Waals surface area contributed by atoms with Crippen LogP contribution < -0.4 is 10.2 Å². The van der Waals surface area contributed by atoms with E-state index in [1.807, 2.05) is 31.2 Å². The van der Waals surface area contributed by atoms with Crippen LogP contribution in [0.15, 0.2) is 24.3 Å². The van der Waals surface area contributed by atoms with E-state index in [2.05, 4.69) is 5.48 Å². The summed E-state index contributed by atoms with van der Waals surface area (Å²) in [4.78, 5) is 31.0. The molecule has 1 heterocycles. The smallest absolute Gasteiger partial charge is 0.248 e. The van der Waals surface area contributed by atoms with E-state index < -0.39 is 0 Å². The van der Waals surface area contributed by atoms with E-state index in [1.54, 1.807) is 12.0 Å². The minimum absolute atomic E-state index is 0.0843. The van der Waals surface area contributed by atoms with Crippen molar-refractivity contribution in [2.75, 3.05) is 20.8 Å². The third-order valence-corrected chi connectivity index (χ3v) is 4.32. The summed E-state index contributed by atoms with van der Waals surface area (Å²) in [5, 5.41) is 0. The van der Waals surface area contributed by atoms with E-state index in [1.165, 1.54) is 7.11 Å². The average molecular weight is 320 g/mol. The molecule has 0 aliphatic carbocycles. The fourth-order valence-electron chi connectivity index (χ4n) is 2.91. The summed E-state index contributed by atoms with van der Waals surface area (Å²) in [5.41, 5.74) is 3.40. The molecule has 1 fully saturated rings. The topological polar surface area (TPSA) is 67.9 Å². The fourth-order valence-corrected chi connectivity index (χ4v) is 2.91. The van der Waals surface area contributed by atoms with Crippen molar-refractivity contribution in [1.82, 2.24) is 10.4 Å². The maximum absolute atomic E-state index is 12.4. The molecule has 2 rings (SSSR count). The lowest BCUT2D eigenvalue weighted by Crippen LogP contribution is -2.40. The molecule has 1 saturated heterocycles. The van der Waals surface area contributed by atoms with Gasteiger partial charge in [0.25, 0.3) is 0 Å². The Morgan fingerprint density at radius 1 is 1.30 bits per heavy atom. The van der Waals surface area contributed by atoms with Crippen molar-refractivity contribution in [3.8, 4) is 5.75 Å². The molecule has 1 aliphatic heterocycles. The predicted molar refractivity (Wildman–Crippen MR) is 85.6 cm³/mol. The van der Waals surface area contributed by atoms with E-state index in [0.717, 1.165) is 11.3 Å². The highest BCUT2D eigenvalue weighted by Gasteiger charge is 2.31. The second-order valence-electron chi connectivity index (χ2n) is 5.75. The normalized spacial score (nSPS) is 19.9. The van der Waals surface area contributed by atoms with E-state index in [-0.39, 0.29) is 23.8 Å². The number of hydrogen-bond donors (Lipinski definition) is 1. The van der Waals surface area contributed by atoms with Crippen molar-refractivity contribution >= 4 is 11.8 Å². The first kappa shape index (κ1) is 17.3. The third kappa shape index (κ3) is 4.22. The highest BCUT2D eigenvalue weighted by atomic mass is 16.6. The van der Waals surface area contributed by atoms with Crippen LogP contribution in [0.1, 0.15) is 37.8 Å². The van der Waals surface area contributed by atoms with Crippen molar-refractivity contribution < 1.29 is 19.2 Å². The van der Waals surface area contributed by atoms with Gasteiger partial charge in [-0.15, -0.1) is 0 Å². The lowest BCUT2D eigenvalue weighted by atomic mass is 10.0. The molecule has 0 radical (unpaired) electrons. The molecule has 6 nitrogen and oxygen atoms in total. The van der Waals surface area contributed by atoms with Crippen molar-refractivity contribution in [3.05, 3.63) is 29.8 Å². The van der Waals surface area contributed by atoms with E-state index in [9.17, 15) is 9.59 Å². The van der Waals surface area contributed by atoms with Gasteiger partial charge in [0.05, 0.1) is 26.2 Å². The van der Waals surface area contributed by atoms with Gasteiger partial charge < -0.3 is 9.64 Å². The number of methoxy groups -OCH3 is 1. The molecular formula is C17H24N2O4. The number of ether oxygens (including phenoxy) is 1. The Bertz CT molecular complexity index is 544. The fraction of sp³-hybridized carbons (Fsp3) is 0.529. The van der Waals surface area contributed by atoms with Crippen molar-refractivity contribution in [3.63, 3.8) is 0 Å². The minimum Gasteiger partial charge on any atom is -0.497 e. The van der Waals surface area contributed by atoms with Crippen molar-refractivity contribution in [2.45, 2.75) is 32.2 Å². The lowest BCUT2D eigenvalue weighted by Gasteiger charge is -2.30. The zero-order valence-corrected chi connectivity index (χ0v) is 13.9. The molecule has 0 saturated carbocycles. The summed E-state index contributed by atoms with van der Waals surface area (Å²) < 4.78 is 5.16. The van der Waals surface area contributed by atoms with Crippen molar-refractivity contribution in [2.24, 2.45) is 5.92 Å². The first-order valence-corrected chi connectivity index (χ1v) is 7.83. The van der Waals surface area contributed by atoms with Gasteiger partial charge in [0, 0.05) is 13.0 Å². The maximum atomic E-state index is 12.4. The zero-order valence-electron chi connectivity index (χ0n) is 13.9. The van der Waals surface area contributed by atoms with Gasteiger partial charge in [-0.3, -0.25) is 14.4 Å². The van der Waals surface area contributed by atoms with Crippen molar-refractivity contribution in [1.29, 1.82) is 0 Å². The average Bonchev–Trinajstić information content (AvgIpc) is 2.76. The maximum Gasteiger partial charge on any atom is 0.248 e. The molecule has 1 aliphatic rings. The number of hydrogen-bond acceptors (Lipinski definition) is 4. The number of carbonyl (C=O) groups is 2. The van der Waals surface area contributed by atoms with E-state index in [4.69, 9.17) is 9.57 Å². The molecule has 0 bridgehead atoms. The van der Waals surface area contributed by atoms with Crippen LogP contribution in [0.2, 0.25) is 0 Å². The van der Waals surface area contributed by atoms with Crippen LogP contribution in [0.25, 0.3) is 0 Å². The van der Waals surface area contributed by atoms with Gasteiger partial charge in [0.2, 0.25) is 11.8 Å². The molecular weight excluding hydrogens is 296 g/mol. The summed E-state index contributed by atoms with van der Waals surface area (Å²) in [7, 11) is 3.03. The molecule has 1 N–H and O–H groups in total. The van der Waals surface area contributed by atoms with Crippen LogP contribution in [0.5, 0.6) is 5.75 Å². The Balaban J connectivity index is 2.15. The number of amides is 2. The Hall–Kier alpha value is -2.08. The molecule has 2 atom stereocenters. The molecule has 2 amide bonds. The van der Waals surface area contributed by atoms with Gasteiger partial charge in [0.1, 0.15) is 5.75 Å². The number of benzene rings is 1. The third-order valence-electron chi connectivity index (χ3n) is 4.32. The Kier molecular flexibility index (Phi) is 5.98. The Morgan fingerprint density at radius 3 is 2.61 bits per heavy atom. The molecule has 0 spiro atoms. The summed E-state index contributed by atoms with van der Waals surface area (Å²) in [5.74, 6) is 0.442. The largest absolute Gasteiger partial charge is 0.497 e. The molecule has 1 unspecified atom stereocenters. The minimum atomic E-state index is -0.248. The standard InChI is InChI=1S/C17H24N2O4/c1-12(13-7-9-15(22-2)10-8-13)19-11-14(17(21)18-23-3)5-4-6-16(19)20/h7-10,12,14H,4-6,11H2,1-3H3,(H,18,21)/t12-,14?/m0/s1. The van der Waals surface area contributed by atoms with Crippen LogP contribution in [0.4, 0.5) is 0 Å². The first-order valence-electron chi connectivity index (χ1n) is 7.83. The van der Waals surface area contributed by atoms with Crippen LogP contribution in [-0.4, -0.2) is 37.5 Å². The summed E-state index contributed by atoms with van der Waals surface area (Å²) >= 11 is 0. The monoisotopic (exact) mass is 320 g/mol. The van der Waals surface area contributed by atoms with Gasteiger partial charge in [-0.2, -0.15) is 0 Å². The zero-order chi connectivity index (χ0) is 16.8. The molecule has 126 valence electrons. The lowest BCUT2D eigenvalue weighted by molar-refractivity contribution is -0.138. The first-order chi connectivity index (χ1) is 11.1. The summed E-state index contributed by atoms with van der Waals surface area (Å²) in [6, 6.07) is 7.56. The summed E-state index contributed by atoms with van der Waals surface area (Å²) in [6.45, 7) is 2.39. The molecule has 0 aromatic heterocycles. The predicted octanol–water partition coefficient (Wildman–Crippen LogP) is 2.06. The van der Waals surface area contributed by atoms with Gasteiger partial charge in [0.15, 0.2) is 0 Å². The number of likely N-dealkylation sites (tertiary alicyclic amines) is 1. The molecule has 23 heavy (non-hydrogen) atoms. The highest BCUT2D eigenvalue weighted by Crippen LogP contribution is 2.28. The number of carbonyl (C=O) groups excluding carboxylic acids is 2. The quantitative estimate of drug-likeness (QED) is 0.843. The Labute approximate surface area is 136 Å². The van der Waals surface area contributed by atoms with Crippen LogP contribution in [-0.2, 0) is 14.4 Å². The Morgan fingerprint density at radius 2 is 2.00 bits per heavy atom. The number of hydroxylamine groups is 1. The molecule has 6 heteroatoms. The molecule has 1 aromatic carbocycles. The van der Waals surface area contributed by atoms with Crippen LogP contribution in [0.3, 0.4) is 0 Å². The van der Waals surface area contributed by atoms with Gasteiger partial charge in [-0.25, -0.2) is 5.48 Å². The summed E-state index contributed by atoms with van der Waals surface area (Å²) in [6.07, 6.45) is 1.87. The SMILES string of the molecule is CONC(=O)C1CCCC(=O)N([C@@H](C)c2ccc(OC)cc2)C1. The van der Waals surface area contributed by atoms with Gasteiger partial charge in [-0.05, 0) is 37.5 Å². The van der Waals surface area contributed by atoms with Gasteiger partial charge in [-0.1, -0.05) is 12.1 Å². The van der Waals surface area contributed by atoms with Crippen LogP contribution >= 0.6 is 0 Å². The highest BCUT2D eigenvalue weighted by molar-refractivity contribution is 5.81. The number of rotatable bonds is 5. The van der Waals surface area contributed by atoms with Gasteiger partial charge >= 0.3 is 0 Å². The van der Waals surface area contributed by atoms with Crippen LogP contribution in [0, 0.1) is 5.92 Å². The molecule has 1 aromatic rings. The second kappa shape index (κ2) is 7.97. The van der Waals surface area contributed by atoms with E-state index >= 15 is 0 Å². The second-order valence-corrected chi connectivity index (χ2v) is 5.75. The number of nitrogens with one attached hydrogen (secondary N) is 1. The number of nitrogens with zero attached hydrogens (tertiary/aromatic N) is 1.